The molecule has 364 valence electrons. The monoisotopic (exact) mass is 889 g/mol. The standard InChI is InChI=1S/C58H96O6/c1-4-7-10-13-16-19-21-22-23-24-25-26-27-28-29-30-31-32-33-34-35-36-37-40-42-45-48-51-57(60)63-54-55(53-62-56(59)50-47-44-41-38-18-15-12-9-6-3)64-58(61)52-49-46-43-39-20-17-14-11-8-5-2/h7,10-11,14,16,19,22-23,25-26,28-29,31-32,34-35,55H,4-6,8-9,12-13,15,17-18,20-21,24,27,30,33,36-54H2,1-3H3/b10-7-,14-11-,19-16-,23-22-,26-25-,29-28-,32-31-,35-34-. The lowest BCUT2D eigenvalue weighted by Gasteiger charge is -2.18. The van der Waals surface area contributed by atoms with E-state index in [1.807, 2.05) is 0 Å². The first kappa shape index (κ1) is 60.3. The van der Waals surface area contributed by atoms with E-state index >= 15 is 0 Å². The molecule has 0 aliphatic heterocycles. The van der Waals surface area contributed by atoms with Crippen molar-refractivity contribution >= 4 is 17.9 Å². The van der Waals surface area contributed by atoms with E-state index in [0.29, 0.717) is 19.3 Å². The van der Waals surface area contributed by atoms with Crippen molar-refractivity contribution in [3.05, 3.63) is 97.2 Å². The molecule has 0 aromatic heterocycles. The quantitative estimate of drug-likeness (QED) is 0.0262. The summed E-state index contributed by atoms with van der Waals surface area (Å²) in [7, 11) is 0. The second-order valence-electron chi connectivity index (χ2n) is 17.1. The molecular weight excluding hydrogens is 793 g/mol. The van der Waals surface area contributed by atoms with Crippen LogP contribution >= 0.6 is 0 Å². The number of carbonyl (C=O) groups excluding carboxylic acids is 3. The second-order valence-corrected chi connectivity index (χ2v) is 17.1. The van der Waals surface area contributed by atoms with Crippen molar-refractivity contribution in [3.8, 4) is 0 Å². The fourth-order valence-corrected chi connectivity index (χ4v) is 6.89. The summed E-state index contributed by atoms with van der Waals surface area (Å²) in [4.78, 5) is 37.8. The molecule has 0 radical (unpaired) electrons. The molecule has 0 bridgehead atoms. The minimum atomic E-state index is -0.786. The molecule has 64 heavy (non-hydrogen) atoms. The van der Waals surface area contributed by atoms with Crippen molar-refractivity contribution in [1.29, 1.82) is 0 Å². The summed E-state index contributed by atoms with van der Waals surface area (Å²) in [6.07, 6.45) is 68.4. The number of ether oxygens (including phenoxy) is 3. The normalized spacial score (nSPS) is 12.9. The zero-order valence-electron chi connectivity index (χ0n) is 41.5. The third kappa shape index (κ3) is 49.3. The summed E-state index contributed by atoms with van der Waals surface area (Å²) in [5.74, 6) is -0.925. The number of hydrogen-bond acceptors (Lipinski definition) is 6. The van der Waals surface area contributed by atoms with Crippen LogP contribution in [0.15, 0.2) is 97.2 Å². The van der Waals surface area contributed by atoms with E-state index in [2.05, 4.69) is 118 Å². The summed E-state index contributed by atoms with van der Waals surface area (Å²) >= 11 is 0. The molecular formula is C58H96O6. The smallest absolute Gasteiger partial charge is 0.306 e. The first-order valence-corrected chi connectivity index (χ1v) is 26.2. The zero-order chi connectivity index (χ0) is 46.5. The molecule has 0 amide bonds. The van der Waals surface area contributed by atoms with Gasteiger partial charge in [-0.25, -0.2) is 0 Å². The first-order valence-electron chi connectivity index (χ1n) is 26.2. The van der Waals surface area contributed by atoms with E-state index in [1.54, 1.807) is 0 Å². The predicted molar refractivity (Wildman–Crippen MR) is 274 cm³/mol. The Morgan fingerprint density at radius 3 is 1.03 bits per heavy atom. The molecule has 0 aliphatic rings. The van der Waals surface area contributed by atoms with Crippen LogP contribution in [0.25, 0.3) is 0 Å². The van der Waals surface area contributed by atoms with Gasteiger partial charge in [-0.3, -0.25) is 14.4 Å². The average Bonchev–Trinajstić information content (AvgIpc) is 3.29. The predicted octanol–water partition coefficient (Wildman–Crippen LogP) is 17.4. The number of esters is 3. The van der Waals surface area contributed by atoms with E-state index in [4.69, 9.17) is 14.2 Å². The Hall–Kier alpha value is -3.67. The molecule has 0 rings (SSSR count). The third-order valence-corrected chi connectivity index (χ3v) is 10.8. The van der Waals surface area contributed by atoms with Gasteiger partial charge in [-0.1, -0.05) is 214 Å². The van der Waals surface area contributed by atoms with Crippen molar-refractivity contribution in [1.82, 2.24) is 0 Å². The molecule has 6 nitrogen and oxygen atoms in total. The van der Waals surface area contributed by atoms with Gasteiger partial charge >= 0.3 is 17.9 Å². The van der Waals surface area contributed by atoms with E-state index in [9.17, 15) is 14.4 Å². The summed E-state index contributed by atoms with van der Waals surface area (Å²) in [5.41, 5.74) is 0. The lowest BCUT2D eigenvalue weighted by atomic mass is 10.1. The lowest BCUT2D eigenvalue weighted by molar-refractivity contribution is -0.167. The molecule has 0 aromatic carbocycles. The maximum absolute atomic E-state index is 12.7. The van der Waals surface area contributed by atoms with Crippen LogP contribution in [0, 0.1) is 0 Å². The van der Waals surface area contributed by atoms with Crippen LogP contribution in [-0.4, -0.2) is 37.2 Å². The topological polar surface area (TPSA) is 78.9 Å². The van der Waals surface area contributed by atoms with Gasteiger partial charge in [0, 0.05) is 19.3 Å². The van der Waals surface area contributed by atoms with Gasteiger partial charge in [0.15, 0.2) is 6.10 Å². The lowest BCUT2D eigenvalue weighted by Crippen LogP contribution is -2.30. The molecule has 0 saturated heterocycles. The number of unbranched alkanes of at least 4 members (excludes halogenated alkanes) is 19. The third-order valence-electron chi connectivity index (χ3n) is 10.8. The van der Waals surface area contributed by atoms with Crippen molar-refractivity contribution in [3.63, 3.8) is 0 Å². The molecule has 0 aromatic rings. The number of carbonyl (C=O) groups is 3. The summed E-state index contributed by atoms with van der Waals surface area (Å²) in [6, 6.07) is 0. The van der Waals surface area contributed by atoms with Crippen LogP contribution in [0.1, 0.15) is 233 Å². The van der Waals surface area contributed by atoms with E-state index in [1.165, 1.54) is 51.4 Å². The minimum absolute atomic E-state index is 0.0866. The second kappa shape index (κ2) is 52.0. The van der Waals surface area contributed by atoms with Crippen LogP contribution < -0.4 is 0 Å². The van der Waals surface area contributed by atoms with Crippen molar-refractivity contribution in [2.45, 2.75) is 239 Å². The Kier molecular flexibility index (Phi) is 49.0. The van der Waals surface area contributed by atoms with Gasteiger partial charge in [-0.05, 0) is 96.3 Å². The van der Waals surface area contributed by atoms with E-state index < -0.39 is 6.10 Å². The van der Waals surface area contributed by atoms with E-state index in [-0.39, 0.29) is 31.1 Å². The molecule has 0 saturated carbocycles. The van der Waals surface area contributed by atoms with Crippen molar-refractivity contribution < 1.29 is 28.6 Å². The molecule has 1 atom stereocenters. The average molecular weight is 889 g/mol. The van der Waals surface area contributed by atoms with Gasteiger partial charge in [0.2, 0.25) is 0 Å². The van der Waals surface area contributed by atoms with Crippen LogP contribution in [0.4, 0.5) is 0 Å². The number of rotatable bonds is 46. The summed E-state index contributed by atoms with van der Waals surface area (Å²) in [6.45, 7) is 6.40. The van der Waals surface area contributed by atoms with Gasteiger partial charge in [0.25, 0.3) is 0 Å². The molecule has 6 heteroatoms. The Morgan fingerprint density at radius 2 is 0.641 bits per heavy atom. The molecule has 0 aliphatic carbocycles. The minimum Gasteiger partial charge on any atom is -0.462 e. The van der Waals surface area contributed by atoms with Crippen LogP contribution in [-0.2, 0) is 28.6 Å². The Labute approximate surface area is 394 Å². The summed E-state index contributed by atoms with van der Waals surface area (Å²) in [5, 5.41) is 0. The molecule has 0 spiro atoms. The SMILES string of the molecule is CC/C=C\C/C=C\C/C=C\C/C=C\C/C=C\C/C=C\C/C=C\CCCCCCCC(=O)OCC(COC(=O)CCCCCCCCCCC)OC(=O)CCCCCCC/C=C\CCC. The number of allylic oxidation sites excluding steroid dienone is 16. The highest BCUT2D eigenvalue weighted by Gasteiger charge is 2.19. The van der Waals surface area contributed by atoms with E-state index in [0.717, 1.165) is 141 Å². The van der Waals surface area contributed by atoms with Gasteiger partial charge in [-0.2, -0.15) is 0 Å². The van der Waals surface area contributed by atoms with Crippen LogP contribution in [0.5, 0.6) is 0 Å². The fraction of sp³-hybridized carbons (Fsp3) is 0.672. The van der Waals surface area contributed by atoms with Gasteiger partial charge in [0.05, 0.1) is 0 Å². The summed E-state index contributed by atoms with van der Waals surface area (Å²) < 4.78 is 16.7. The van der Waals surface area contributed by atoms with Crippen molar-refractivity contribution in [2.24, 2.45) is 0 Å². The van der Waals surface area contributed by atoms with Gasteiger partial charge in [-0.15, -0.1) is 0 Å². The largest absolute Gasteiger partial charge is 0.462 e. The van der Waals surface area contributed by atoms with Crippen molar-refractivity contribution in [2.75, 3.05) is 13.2 Å². The molecule has 0 fully saturated rings. The molecule has 0 N–H and O–H groups in total. The Balaban J connectivity index is 4.25. The van der Waals surface area contributed by atoms with Gasteiger partial charge < -0.3 is 14.2 Å². The highest BCUT2D eigenvalue weighted by molar-refractivity contribution is 5.71. The zero-order valence-corrected chi connectivity index (χ0v) is 41.5. The maximum atomic E-state index is 12.7. The Morgan fingerprint density at radius 1 is 0.328 bits per heavy atom. The maximum Gasteiger partial charge on any atom is 0.306 e. The fourth-order valence-electron chi connectivity index (χ4n) is 6.89. The van der Waals surface area contributed by atoms with Crippen LogP contribution in [0.2, 0.25) is 0 Å². The highest BCUT2D eigenvalue weighted by atomic mass is 16.6. The Bertz CT molecular complexity index is 1300. The molecule has 1 unspecified atom stereocenters. The van der Waals surface area contributed by atoms with Crippen LogP contribution in [0.3, 0.4) is 0 Å². The number of hydrogen-bond donors (Lipinski definition) is 0. The highest BCUT2D eigenvalue weighted by Crippen LogP contribution is 2.14. The molecule has 0 heterocycles. The van der Waals surface area contributed by atoms with Gasteiger partial charge in [0.1, 0.15) is 13.2 Å². The first-order chi connectivity index (χ1) is 31.5.